The van der Waals surface area contributed by atoms with E-state index in [1.807, 2.05) is 26.0 Å². The lowest BCUT2D eigenvalue weighted by atomic mass is 10.0. The van der Waals surface area contributed by atoms with Gasteiger partial charge in [0, 0.05) is 23.5 Å². The molecule has 4 heteroatoms. The molecular weight excluding hydrogens is 278 g/mol. The molecule has 2 heterocycles. The molecular formula is C18H21NO3. The Hall–Kier alpha value is -1.81. The Balaban J connectivity index is 1.83. The third kappa shape index (κ3) is 2.05. The predicted octanol–water partition coefficient (Wildman–Crippen LogP) is 3.50. The Bertz CT molecular complexity index is 787. The largest absolute Gasteiger partial charge is 0.478 e. The standard InChI is InChI=1S/C18H21NO3/c1-11-12(2)18(20)22-17-14(11)7-8-16-15(17)9-19(10-21-16)13-5-3-4-6-13/h7-8,13H,3-6,9-10H2,1-2H3. The van der Waals surface area contributed by atoms with Crippen LogP contribution >= 0.6 is 0 Å². The summed E-state index contributed by atoms with van der Waals surface area (Å²) in [6.45, 7) is 5.25. The topological polar surface area (TPSA) is 42.7 Å². The van der Waals surface area contributed by atoms with Crippen LogP contribution in [0.5, 0.6) is 5.75 Å². The molecule has 2 aromatic rings. The zero-order chi connectivity index (χ0) is 15.3. The van der Waals surface area contributed by atoms with Crippen LogP contribution in [0.4, 0.5) is 0 Å². The molecule has 116 valence electrons. The summed E-state index contributed by atoms with van der Waals surface area (Å²) in [4.78, 5) is 14.4. The fourth-order valence-corrected chi connectivity index (χ4v) is 3.74. The summed E-state index contributed by atoms with van der Waals surface area (Å²) in [5.74, 6) is 0.855. The highest BCUT2D eigenvalue weighted by atomic mass is 16.5. The van der Waals surface area contributed by atoms with Gasteiger partial charge in [-0.25, -0.2) is 4.79 Å². The van der Waals surface area contributed by atoms with Gasteiger partial charge in [0.05, 0.1) is 5.56 Å². The van der Waals surface area contributed by atoms with E-state index in [0.29, 0.717) is 23.9 Å². The van der Waals surface area contributed by atoms with Crippen molar-refractivity contribution in [2.75, 3.05) is 6.73 Å². The van der Waals surface area contributed by atoms with Crippen molar-refractivity contribution in [3.63, 3.8) is 0 Å². The van der Waals surface area contributed by atoms with Crippen molar-refractivity contribution in [2.24, 2.45) is 0 Å². The second kappa shape index (κ2) is 5.13. The van der Waals surface area contributed by atoms with Crippen LogP contribution in [0.25, 0.3) is 11.0 Å². The lowest BCUT2D eigenvalue weighted by Crippen LogP contribution is -2.39. The number of nitrogens with zero attached hydrogens (tertiary/aromatic N) is 1. The van der Waals surface area contributed by atoms with Crippen LogP contribution in [0.15, 0.2) is 21.3 Å². The van der Waals surface area contributed by atoms with Crippen molar-refractivity contribution in [1.82, 2.24) is 4.90 Å². The molecule has 2 aliphatic rings. The average Bonchev–Trinajstić information content (AvgIpc) is 3.06. The SMILES string of the molecule is Cc1c(C)c2ccc3c(c2oc1=O)CN(C1CCCC1)CO3. The summed E-state index contributed by atoms with van der Waals surface area (Å²) in [6.07, 6.45) is 5.09. The first-order valence-electron chi connectivity index (χ1n) is 8.08. The van der Waals surface area contributed by atoms with Gasteiger partial charge in [0.2, 0.25) is 0 Å². The Morgan fingerprint density at radius 2 is 1.91 bits per heavy atom. The quantitative estimate of drug-likeness (QED) is 0.756. The van der Waals surface area contributed by atoms with Gasteiger partial charge in [0.15, 0.2) is 0 Å². The lowest BCUT2D eigenvalue weighted by molar-refractivity contribution is 0.0581. The zero-order valence-electron chi connectivity index (χ0n) is 13.1. The van der Waals surface area contributed by atoms with Crippen LogP contribution in [-0.2, 0) is 6.54 Å². The number of rotatable bonds is 1. The Labute approximate surface area is 129 Å². The van der Waals surface area contributed by atoms with E-state index in [2.05, 4.69) is 4.90 Å². The minimum absolute atomic E-state index is 0.239. The molecule has 0 atom stereocenters. The lowest BCUT2D eigenvalue weighted by Gasteiger charge is -2.33. The number of benzene rings is 1. The van der Waals surface area contributed by atoms with Crippen LogP contribution in [0.3, 0.4) is 0 Å². The van der Waals surface area contributed by atoms with Crippen LogP contribution in [0.1, 0.15) is 42.4 Å². The summed E-state index contributed by atoms with van der Waals surface area (Å²) in [5.41, 5.74) is 3.18. The second-order valence-corrected chi connectivity index (χ2v) is 6.52. The normalized spacial score (nSPS) is 19.4. The smallest absolute Gasteiger partial charge is 0.339 e. The molecule has 0 amide bonds. The monoisotopic (exact) mass is 299 g/mol. The minimum atomic E-state index is -0.239. The molecule has 4 rings (SSSR count). The first kappa shape index (κ1) is 13.8. The van der Waals surface area contributed by atoms with E-state index in [1.165, 1.54) is 25.7 Å². The Morgan fingerprint density at radius 3 is 2.68 bits per heavy atom. The number of fused-ring (bicyclic) bond motifs is 3. The van der Waals surface area contributed by atoms with Crippen LogP contribution in [-0.4, -0.2) is 17.7 Å². The fraction of sp³-hybridized carbons (Fsp3) is 0.500. The summed E-state index contributed by atoms with van der Waals surface area (Å²) in [5, 5.41) is 1.02. The zero-order valence-corrected chi connectivity index (χ0v) is 13.1. The van der Waals surface area contributed by atoms with E-state index < -0.39 is 0 Å². The molecule has 0 bridgehead atoms. The number of aryl methyl sites for hydroxylation is 1. The van der Waals surface area contributed by atoms with Gasteiger partial charge in [0.25, 0.3) is 0 Å². The van der Waals surface area contributed by atoms with Crippen molar-refractivity contribution >= 4 is 11.0 Å². The maximum atomic E-state index is 12.1. The van der Waals surface area contributed by atoms with E-state index in [0.717, 1.165) is 28.8 Å². The molecule has 0 saturated heterocycles. The van der Waals surface area contributed by atoms with Crippen LogP contribution in [0, 0.1) is 13.8 Å². The molecule has 1 aromatic carbocycles. The third-order valence-electron chi connectivity index (χ3n) is 5.27. The molecule has 1 saturated carbocycles. The van der Waals surface area contributed by atoms with Crippen molar-refractivity contribution in [3.05, 3.63) is 39.2 Å². The fourth-order valence-electron chi connectivity index (χ4n) is 3.74. The van der Waals surface area contributed by atoms with Crippen molar-refractivity contribution in [3.8, 4) is 5.75 Å². The molecule has 1 fully saturated rings. The van der Waals surface area contributed by atoms with E-state index >= 15 is 0 Å². The summed E-state index contributed by atoms with van der Waals surface area (Å²) in [6, 6.07) is 4.61. The van der Waals surface area contributed by atoms with Crippen LogP contribution < -0.4 is 10.4 Å². The van der Waals surface area contributed by atoms with Gasteiger partial charge in [0.1, 0.15) is 18.1 Å². The van der Waals surface area contributed by atoms with Gasteiger partial charge in [-0.1, -0.05) is 12.8 Å². The van der Waals surface area contributed by atoms with Crippen molar-refractivity contribution in [2.45, 2.75) is 52.1 Å². The second-order valence-electron chi connectivity index (χ2n) is 6.52. The first-order chi connectivity index (χ1) is 10.6. The van der Waals surface area contributed by atoms with E-state index in [9.17, 15) is 4.79 Å². The van der Waals surface area contributed by atoms with E-state index in [1.54, 1.807) is 0 Å². The highest BCUT2D eigenvalue weighted by Crippen LogP contribution is 2.36. The highest BCUT2D eigenvalue weighted by molar-refractivity contribution is 5.85. The molecule has 22 heavy (non-hydrogen) atoms. The minimum Gasteiger partial charge on any atom is -0.478 e. The maximum absolute atomic E-state index is 12.1. The van der Waals surface area contributed by atoms with E-state index in [-0.39, 0.29) is 5.63 Å². The maximum Gasteiger partial charge on any atom is 0.339 e. The van der Waals surface area contributed by atoms with Gasteiger partial charge in [-0.3, -0.25) is 4.90 Å². The molecule has 0 unspecified atom stereocenters. The van der Waals surface area contributed by atoms with Gasteiger partial charge < -0.3 is 9.15 Å². The molecule has 0 spiro atoms. The molecule has 4 nitrogen and oxygen atoms in total. The van der Waals surface area contributed by atoms with Gasteiger partial charge in [-0.15, -0.1) is 0 Å². The average molecular weight is 299 g/mol. The molecule has 1 aliphatic carbocycles. The Kier molecular flexibility index (Phi) is 3.22. The molecule has 1 aromatic heterocycles. The number of hydrogen-bond acceptors (Lipinski definition) is 4. The van der Waals surface area contributed by atoms with Gasteiger partial charge in [-0.2, -0.15) is 0 Å². The summed E-state index contributed by atoms with van der Waals surface area (Å²) < 4.78 is 11.6. The molecule has 0 radical (unpaired) electrons. The molecule has 0 N–H and O–H groups in total. The highest BCUT2D eigenvalue weighted by Gasteiger charge is 2.29. The van der Waals surface area contributed by atoms with Gasteiger partial charge >= 0.3 is 5.63 Å². The summed E-state index contributed by atoms with van der Waals surface area (Å²) in [7, 11) is 0. The van der Waals surface area contributed by atoms with Gasteiger partial charge in [-0.05, 0) is 44.4 Å². The van der Waals surface area contributed by atoms with Crippen LogP contribution in [0.2, 0.25) is 0 Å². The predicted molar refractivity (Wildman–Crippen MR) is 85.3 cm³/mol. The Morgan fingerprint density at radius 1 is 1.14 bits per heavy atom. The number of ether oxygens (including phenoxy) is 1. The first-order valence-corrected chi connectivity index (χ1v) is 8.08. The van der Waals surface area contributed by atoms with Crippen molar-refractivity contribution in [1.29, 1.82) is 0 Å². The third-order valence-corrected chi connectivity index (χ3v) is 5.27. The molecule has 1 aliphatic heterocycles. The summed E-state index contributed by atoms with van der Waals surface area (Å²) >= 11 is 0. The van der Waals surface area contributed by atoms with E-state index in [4.69, 9.17) is 9.15 Å². The number of hydrogen-bond donors (Lipinski definition) is 0. The van der Waals surface area contributed by atoms with Crippen molar-refractivity contribution < 1.29 is 9.15 Å².